The molecule has 0 aromatic heterocycles. The molecule has 1 amide bonds. The van der Waals surface area contributed by atoms with E-state index in [0.29, 0.717) is 30.5 Å². The second-order valence-corrected chi connectivity index (χ2v) is 7.58. The van der Waals surface area contributed by atoms with Crippen LogP contribution in [0.4, 0.5) is 0 Å². The lowest BCUT2D eigenvalue weighted by molar-refractivity contribution is 0.0786. The highest BCUT2D eigenvalue weighted by molar-refractivity contribution is 7.90. The molecular formula is C14H18ClNO3S. The van der Waals surface area contributed by atoms with Crippen molar-refractivity contribution < 1.29 is 13.2 Å². The van der Waals surface area contributed by atoms with Gasteiger partial charge >= 0.3 is 0 Å². The van der Waals surface area contributed by atoms with Crippen LogP contribution in [0.1, 0.15) is 23.2 Å². The van der Waals surface area contributed by atoms with Gasteiger partial charge in [0.25, 0.3) is 5.91 Å². The van der Waals surface area contributed by atoms with Gasteiger partial charge in [-0.15, -0.1) is 11.6 Å². The summed E-state index contributed by atoms with van der Waals surface area (Å²) in [7, 11) is -3.29. The molecule has 0 bridgehead atoms. The van der Waals surface area contributed by atoms with E-state index in [1.807, 2.05) is 0 Å². The van der Waals surface area contributed by atoms with Crippen molar-refractivity contribution in [3.63, 3.8) is 0 Å². The third-order valence-corrected chi connectivity index (χ3v) is 4.93. The summed E-state index contributed by atoms with van der Waals surface area (Å²) in [4.78, 5) is 14.3. The van der Waals surface area contributed by atoms with E-state index in [1.54, 1.807) is 17.0 Å². The van der Waals surface area contributed by atoms with Gasteiger partial charge in [0.15, 0.2) is 9.84 Å². The SMILES string of the molecule is CS(=O)(=O)c1cccc(C(=O)N2CCC(CCCl)C2)c1. The van der Waals surface area contributed by atoms with Gasteiger partial charge in [-0.2, -0.15) is 0 Å². The lowest BCUT2D eigenvalue weighted by Gasteiger charge is -2.16. The maximum Gasteiger partial charge on any atom is 0.253 e. The predicted octanol–water partition coefficient (Wildman–Crippen LogP) is 2.18. The van der Waals surface area contributed by atoms with Gasteiger partial charge in [-0.3, -0.25) is 4.79 Å². The summed E-state index contributed by atoms with van der Waals surface area (Å²) >= 11 is 5.73. The lowest BCUT2D eigenvalue weighted by atomic mass is 10.1. The molecule has 110 valence electrons. The number of hydrogen-bond donors (Lipinski definition) is 0. The normalized spacial score (nSPS) is 19.3. The van der Waals surface area contributed by atoms with Crippen molar-refractivity contribution in [1.29, 1.82) is 0 Å². The predicted molar refractivity (Wildman–Crippen MR) is 78.9 cm³/mol. The monoisotopic (exact) mass is 315 g/mol. The fourth-order valence-electron chi connectivity index (χ4n) is 2.45. The van der Waals surface area contributed by atoms with E-state index in [2.05, 4.69) is 0 Å². The van der Waals surface area contributed by atoms with Gasteiger partial charge in [0.1, 0.15) is 0 Å². The summed E-state index contributed by atoms with van der Waals surface area (Å²) in [5.74, 6) is 0.957. The summed E-state index contributed by atoms with van der Waals surface area (Å²) in [6.07, 6.45) is 3.02. The molecular weight excluding hydrogens is 298 g/mol. The van der Waals surface area contributed by atoms with E-state index in [0.717, 1.165) is 19.1 Å². The van der Waals surface area contributed by atoms with Crippen LogP contribution < -0.4 is 0 Å². The van der Waals surface area contributed by atoms with Crippen molar-refractivity contribution in [3.05, 3.63) is 29.8 Å². The zero-order valence-corrected chi connectivity index (χ0v) is 13.0. The van der Waals surface area contributed by atoms with E-state index >= 15 is 0 Å². The molecule has 0 radical (unpaired) electrons. The van der Waals surface area contributed by atoms with Crippen molar-refractivity contribution >= 4 is 27.3 Å². The Hall–Kier alpha value is -1.07. The standard InChI is InChI=1S/C14H18ClNO3S/c1-20(18,19)13-4-2-3-12(9-13)14(17)16-8-6-11(10-16)5-7-15/h2-4,9,11H,5-8,10H2,1H3. The van der Waals surface area contributed by atoms with Crippen molar-refractivity contribution in [2.24, 2.45) is 5.92 Å². The van der Waals surface area contributed by atoms with Crippen LogP contribution >= 0.6 is 11.6 Å². The van der Waals surface area contributed by atoms with E-state index < -0.39 is 9.84 Å². The van der Waals surface area contributed by atoms with E-state index in [4.69, 9.17) is 11.6 Å². The molecule has 6 heteroatoms. The number of rotatable bonds is 4. The van der Waals surface area contributed by atoms with E-state index in [9.17, 15) is 13.2 Å². The van der Waals surface area contributed by atoms with Gasteiger partial charge in [0.05, 0.1) is 4.90 Å². The van der Waals surface area contributed by atoms with Crippen LogP contribution in [0.2, 0.25) is 0 Å². The van der Waals surface area contributed by atoms with E-state index in [-0.39, 0.29) is 10.8 Å². The number of halogens is 1. The fourth-order valence-corrected chi connectivity index (χ4v) is 3.42. The van der Waals surface area contributed by atoms with Crippen LogP contribution in [-0.4, -0.2) is 44.5 Å². The summed E-state index contributed by atoms with van der Waals surface area (Å²) in [5, 5.41) is 0. The molecule has 1 saturated heterocycles. The minimum atomic E-state index is -3.29. The fraction of sp³-hybridized carbons (Fsp3) is 0.500. The molecule has 1 aliphatic rings. The van der Waals surface area contributed by atoms with Crippen LogP contribution in [0, 0.1) is 5.92 Å². The molecule has 20 heavy (non-hydrogen) atoms. The quantitative estimate of drug-likeness (QED) is 0.800. The van der Waals surface area contributed by atoms with Crippen molar-refractivity contribution in [2.45, 2.75) is 17.7 Å². The van der Waals surface area contributed by atoms with Gasteiger partial charge in [0.2, 0.25) is 0 Å². The summed E-state index contributed by atoms with van der Waals surface area (Å²) in [6, 6.07) is 6.22. The number of carbonyl (C=O) groups is 1. The zero-order valence-electron chi connectivity index (χ0n) is 11.4. The molecule has 1 aromatic carbocycles. The topological polar surface area (TPSA) is 54.5 Å². The number of likely N-dealkylation sites (tertiary alicyclic amines) is 1. The number of hydrogen-bond acceptors (Lipinski definition) is 3. The minimum Gasteiger partial charge on any atom is -0.338 e. The second kappa shape index (κ2) is 6.14. The van der Waals surface area contributed by atoms with Crippen LogP contribution in [0.25, 0.3) is 0 Å². The smallest absolute Gasteiger partial charge is 0.253 e. The first-order chi connectivity index (χ1) is 9.41. The lowest BCUT2D eigenvalue weighted by Crippen LogP contribution is -2.28. The Bertz CT molecular complexity index is 600. The Balaban J connectivity index is 2.14. The highest BCUT2D eigenvalue weighted by Gasteiger charge is 2.26. The Morgan fingerprint density at radius 3 is 2.85 bits per heavy atom. The second-order valence-electron chi connectivity index (χ2n) is 5.18. The maximum atomic E-state index is 12.4. The average molecular weight is 316 g/mol. The van der Waals surface area contributed by atoms with Gasteiger partial charge < -0.3 is 4.90 Å². The Labute approximate surface area is 124 Å². The number of alkyl halides is 1. The zero-order chi connectivity index (χ0) is 14.8. The molecule has 1 atom stereocenters. The Morgan fingerprint density at radius 2 is 2.20 bits per heavy atom. The van der Waals surface area contributed by atoms with Crippen molar-refractivity contribution in [1.82, 2.24) is 4.90 Å². The molecule has 1 heterocycles. The van der Waals surface area contributed by atoms with Gasteiger partial charge in [-0.25, -0.2) is 8.42 Å². The number of benzene rings is 1. The molecule has 4 nitrogen and oxygen atoms in total. The molecule has 0 N–H and O–H groups in total. The summed E-state index contributed by atoms with van der Waals surface area (Å²) in [6.45, 7) is 1.41. The molecule has 0 saturated carbocycles. The Morgan fingerprint density at radius 1 is 1.45 bits per heavy atom. The average Bonchev–Trinajstić information content (AvgIpc) is 2.86. The third kappa shape index (κ3) is 3.52. The first-order valence-electron chi connectivity index (χ1n) is 6.57. The number of sulfone groups is 1. The molecule has 0 aliphatic carbocycles. The van der Waals surface area contributed by atoms with Crippen LogP contribution in [0.15, 0.2) is 29.2 Å². The van der Waals surface area contributed by atoms with Crippen molar-refractivity contribution in [2.75, 3.05) is 25.2 Å². The minimum absolute atomic E-state index is 0.104. The van der Waals surface area contributed by atoms with Crippen LogP contribution in [0.5, 0.6) is 0 Å². The maximum absolute atomic E-state index is 12.4. The first kappa shape index (κ1) is 15.3. The number of amides is 1. The number of carbonyl (C=O) groups excluding carboxylic acids is 1. The molecule has 1 fully saturated rings. The first-order valence-corrected chi connectivity index (χ1v) is 9.00. The molecule has 1 aliphatic heterocycles. The largest absolute Gasteiger partial charge is 0.338 e. The van der Waals surface area contributed by atoms with E-state index in [1.165, 1.54) is 12.1 Å². The van der Waals surface area contributed by atoms with Crippen LogP contribution in [-0.2, 0) is 9.84 Å². The highest BCUT2D eigenvalue weighted by Crippen LogP contribution is 2.22. The van der Waals surface area contributed by atoms with Gasteiger partial charge in [-0.05, 0) is 37.0 Å². The Kier molecular flexibility index (Phi) is 4.70. The van der Waals surface area contributed by atoms with Crippen molar-refractivity contribution in [3.8, 4) is 0 Å². The molecule has 1 unspecified atom stereocenters. The third-order valence-electron chi connectivity index (χ3n) is 3.60. The number of nitrogens with zero attached hydrogens (tertiary/aromatic N) is 1. The molecule has 0 spiro atoms. The highest BCUT2D eigenvalue weighted by atomic mass is 35.5. The van der Waals surface area contributed by atoms with Gasteiger partial charge in [0, 0.05) is 30.8 Å². The molecule has 1 aromatic rings. The molecule has 2 rings (SSSR count). The summed E-state index contributed by atoms with van der Waals surface area (Å²) < 4.78 is 23.1. The van der Waals surface area contributed by atoms with Gasteiger partial charge in [-0.1, -0.05) is 6.07 Å². The van der Waals surface area contributed by atoms with Crippen LogP contribution in [0.3, 0.4) is 0 Å². The summed E-state index contributed by atoms with van der Waals surface area (Å²) in [5.41, 5.74) is 0.430.